The van der Waals surface area contributed by atoms with Crippen LogP contribution in [0.1, 0.15) is 25.8 Å². The van der Waals surface area contributed by atoms with Crippen molar-refractivity contribution in [1.29, 1.82) is 0 Å². The Morgan fingerprint density at radius 1 is 1.42 bits per heavy atom. The zero-order chi connectivity index (χ0) is 13.3. The first kappa shape index (κ1) is 12.6. The third-order valence-electron chi connectivity index (χ3n) is 4.34. The van der Waals surface area contributed by atoms with Crippen molar-refractivity contribution in [2.24, 2.45) is 0 Å². The molecule has 19 heavy (non-hydrogen) atoms. The lowest BCUT2D eigenvalue weighted by Crippen LogP contribution is -2.47. The summed E-state index contributed by atoms with van der Waals surface area (Å²) in [5, 5.41) is 6.15. The van der Waals surface area contributed by atoms with Gasteiger partial charge < -0.3 is 10.1 Å². The smallest absolute Gasteiger partial charge is 0.0726 e. The third kappa shape index (κ3) is 2.36. The van der Waals surface area contributed by atoms with Crippen LogP contribution in [0, 0.1) is 0 Å². The Balaban J connectivity index is 1.82. The maximum atomic E-state index is 5.67. The molecule has 1 aliphatic rings. The Morgan fingerprint density at radius 2 is 2.32 bits per heavy atom. The summed E-state index contributed by atoms with van der Waals surface area (Å²) in [5.74, 6) is 0. The molecule has 2 aromatic rings. The van der Waals surface area contributed by atoms with E-state index < -0.39 is 0 Å². The second-order valence-electron chi connectivity index (χ2n) is 5.55. The molecular weight excluding hydrogens is 236 g/mol. The second-order valence-corrected chi connectivity index (χ2v) is 5.55. The van der Waals surface area contributed by atoms with Crippen molar-refractivity contribution in [2.75, 3.05) is 6.61 Å². The zero-order valence-corrected chi connectivity index (χ0v) is 11.5. The van der Waals surface area contributed by atoms with Crippen molar-refractivity contribution in [3.8, 4) is 0 Å². The normalized spacial score (nSPS) is 26.9. The van der Waals surface area contributed by atoms with Crippen LogP contribution in [-0.4, -0.2) is 23.2 Å². The van der Waals surface area contributed by atoms with Crippen LogP contribution < -0.4 is 5.32 Å². The molecule has 0 saturated carbocycles. The molecule has 100 valence electrons. The summed E-state index contributed by atoms with van der Waals surface area (Å²) >= 11 is 0. The molecule has 1 aromatic carbocycles. The Morgan fingerprint density at radius 3 is 3.11 bits per heavy atom. The molecule has 0 radical (unpaired) electrons. The predicted octanol–water partition coefficient (Wildman–Crippen LogP) is 2.89. The molecule has 3 nitrogen and oxygen atoms in total. The number of nitrogens with one attached hydrogen (secondary N) is 1. The van der Waals surface area contributed by atoms with Gasteiger partial charge in [0, 0.05) is 36.5 Å². The summed E-state index contributed by atoms with van der Waals surface area (Å²) in [6, 6.07) is 8.47. The van der Waals surface area contributed by atoms with Gasteiger partial charge >= 0.3 is 0 Å². The number of rotatable bonds is 3. The maximum Gasteiger partial charge on any atom is 0.0726 e. The van der Waals surface area contributed by atoms with E-state index in [2.05, 4.69) is 48.4 Å². The van der Waals surface area contributed by atoms with E-state index in [4.69, 9.17) is 4.74 Å². The highest BCUT2D eigenvalue weighted by atomic mass is 16.5. The summed E-state index contributed by atoms with van der Waals surface area (Å²) in [7, 11) is 0. The molecule has 2 heterocycles. The van der Waals surface area contributed by atoms with E-state index in [-0.39, 0.29) is 11.6 Å². The van der Waals surface area contributed by atoms with Gasteiger partial charge in [-0.1, -0.05) is 18.2 Å². The fourth-order valence-electron chi connectivity index (χ4n) is 2.71. The molecule has 1 aromatic heterocycles. The van der Waals surface area contributed by atoms with E-state index >= 15 is 0 Å². The highest BCUT2D eigenvalue weighted by molar-refractivity contribution is 5.84. The molecule has 1 N–H and O–H groups in total. The van der Waals surface area contributed by atoms with Gasteiger partial charge in [-0.3, -0.25) is 4.98 Å². The summed E-state index contributed by atoms with van der Waals surface area (Å²) < 4.78 is 5.67. The Kier molecular flexibility index (Phi) is 3.25. The van der Waals surface area contributed by atoms with Gasteiger partial charge in [-0.2, -0.15) is 0 Å². The van der Waals surface area contributed by atoms with E-state index in [0.717, 1.165) is 19.6 Å². The fourth-order valence-corrected chi connectivity index (χ4v) is 2.71. The summed E-state index contributed by atoms with van der Waals surface area (Å²) in [4.78, 5) is 4.18. The number of aromatic nitrogens is 1. The first-order valence-corrected chi connectivity index (χ1v) is 6.87. The van der Waals surface area contributed by atoms with Crippen LogP contribution in [0.5, 0.6) is 0 Å². The number of fused-ring (bicyclic) bond motifs is 1. The minimum Gasteiger partial charge on any atom is -0.377 e. The summed E-state index contributed by atoms with van der Waals surface area (Å²) in [6.45, 7) is 6.11. The third-order valence-corrected chi connectivity index (χ3v) is 4.34. The van der Waals surface area contributed by atoms with Gasteiger partial charge in [0.2, 0.25) is 0 Å². The Bertz CT molecular complexity index is 578. The first-order valence-electron chi connectivity index (χ1n) is 6.87. The molecule has 0 amide bonds. The molecule has 0 spiro atoms. The lowest BCUT2D eigenvalue weighted by molar-refractivity contribution is 0.0882. The quantitative estimate of drug-likeness (QED) is 0.917. The monoisotopic (exact) mass is 256 g/mol. The van der Waals surface area contributed by atoms with E-state index in [1.165, 1.54) is 16.3 Å². The molecule has 0 aliphatic carbocycles. The lowest BCUT2D eigenvalue weighted by Gasteiger charge is -2.29. The second kappa shape index (κ2) is 4.91. The molecule has 1 aliphatic heterocycles. The lowest BCUT2D eigenvalue weighted by atomic mass is 9.94. The minimum atomic E-state index is 0.0786. The highest BCUT2D eigenvalue weighted by Gasteiger charge is 2.36. The van der Waals surface area contributed by atoms with Crippen LogP contribution in [0.4, 0.5) is 0 Å². The van der Waals surface area contributed by atoms with Crippen molar-refractivity contribution >= 4 is 10.8 Å². The van der Waals surface area contributed by atoms with Crippen LogP contribution >= 0.6 is 0 Å². The number of benzene rings is 1. The molecule has 3 heteroatoms. The van der Waals surface area contributed by atoms with Gasteiger partial charge in [-0.25, -0.2) is 0 Å². The number of nitrogens with zero attached hydrogens (tertiary/aromatic N) is 1. The topological polar surface area (TPSA) is 34.1 Å². The van der Waals surface area contributed by atoms with Crippen molar-refractivity contribution in [3.63, 3.8) is 0 Å². The summed E-state index contributed by atoms with van der Waals surface area (Å²) in [5.41, 5.74) is 1.40. The van der Waals surface area contributed by atoms with E-state index in [1.54, 1.807) is 0 Å². The largest absolute Gasteiger partial charge is 0.377 e. The molecule has 3 rings (SSSR count). The van der Waals surface area contributed by atoms with Crippen molar-refractivity contribution in [2.45, 2.75) is 38.5 Å². The van der Waals surface area contributed by atoms with Crippen LogP contribution in [0.15, 0.2) is 36.7 Å². The van der Waals surface area contributed by atoms with Crippen molar-refractivity contribution < 1.29 is 4.74 Å². The number of pyridine rings is 1. The first-order chi connectivity index (χ1) is 9.19. The van der Waals surface area contributed by atoms with Crippen LogP contribution in [-0.2, 0) is 11.3 Å². The van der Waals surface area contributed by atoms with Crippen LogP contribution in [0.2, 0.25) is 0 Å². The predicted molar refractivity (Wildman–Crippen MR) is 77.0 cm³/mol. The van der Waals surface area contributed by atoms with Crippen molar-refractivity contribution in [1.82, 2.24) is 10.3 Å². The molecule has 1 saturated heterocycles. The standard InChI is InChI=1S/C16H20N2O/c1-12-16(2,7-9-19-12)18-11-14-5-3-4-13-10-17-8-6-15(13)14/h3-6,8,10,12,18H,7,9,11H2,1-2H3. The number of hydrogen-bond acceptors (Lipinski definition) is 3. The molecule has 2 unspecified atom stereocenters. The average Bonchev–Trinajstić information content (AvgIpc) is 2.77. The van der Waals surface area contributed by atoms with Gasteiger partial charge in [0.1, 0.15) is 0 Å². The average molecular weight is 256 g/mol. The zero-order valence-electron chi connectivity index (χ0n) is 11.5. The molecular formula is C16H20N2O. The Labute approximate surface area is 114 Å². The van der Waals surface area contributed by atoms with Gasteiger partial charge in [0.25, 0.3) is 0 Å². The fraction of sp³-hybridized carbons (Fsp3) is 0.438. The molecule has 1 fully saturated rings. The highest BCUT2D eigenvalue weighted by Crippen LogP contribution is 2.26. The van der Waals surface area contributed by atoms with E-state index in [0.29, 0.717) is 0 Å². The van der Waals surface area contributed by atoms with Gasteiger partial charge in [0.05, 0.1) is 6.10 Å². The molecule has 0 bridgehead atoms. The van der Waals surface area contributed by atoms with Crippen molar-refractivity contribution in [3.05, 3.63) is 42.2 Å². The van der Waals surface area contributed by atoms with E-state index in [9.17, 15) is 0 Å². The SMILES string of the molecule is CC1OCCC1(C)NCc1cccc2cnccc12. The summed E-state index contributed by atoms with van der Waals surface area (Å²) in [6.07, 6.45) is 5.11. The minimum absolute atomic E-state index is 0.0786. The van der Waals surface area contributed by atoms with Gasteiger partial charge in [-0.05, 0) is 37.3 Å². The maximum absolute atomic E-state index is 5.67. The molecule has 2 atom stereocenters. The number of ether oxygens (including phenoxy) is 1. The van der Waals surface area contributed by atoms with E-state index in [1.807, 2.05) is 12.4 Å². The Hall–Kier alpha value is -1.45. The van der Waals surface area contributed by atoms with Gasteiger partial charge in [0.15, 0.2) is 0 Å². The van der Waals surface area contributed by atoms with Gasteiger partial charge in [-0.15, -0.1) is 0 Å². The van der Waals surface area contributed by atoms with Crippen LogP contribution in [0.25, 0.3) is 10.8 Å². The number of hydrogen-bond donors (Lipinski definition) is 1. The van der Waals surface area contributed by atoms with Crippen LogP contribution in [0.3, 0.4) is 0 Å².